The Balaban J connectivity index is 1.67. The SMILES string of the molecule is CC(C)(C)[C@@H](NCc1noc(C2CC2)n1)c1cccs1. The van der Waals surface area contributed by atoms with E-state index in [0.717, 1.165) is 11.7 Å². The molecule has 0 amide bonds. The standard InChI is InChI=1S/C15H21N3OS/c1-15(2,3)13(11-5-4-8-20-11)16-9-12-17-14(19-18-12)10-6-7-10/h4-5,8,10,13,16H,6-7,9H2,1-3H3/t13-/m0/s1. The van der Waals surface area contributed by atoms with Crippen LogP contribution < -0.4 is 5.32 Å². The van der Waals surface area contributed by atoms with E-state index in [4.69, 9.17) is 4.52 Å². The third-order valence-corrected chi connectivity index (χ3v) is 4.51. The number of nitrogens with zero attached hydrogens (tertiary/aromatic N) is 2. The van der Waals surface area contributed by atoms with E-state index in [1.165, 1.54) is 17.7 Å². The molecule has 2 aromatic rings. The Hall–Kier alpha value is -1.20. The average Bonchev–Trinajstić information content (AvgIpc) is 2.90. The fourth-order valence-electron chi connectivity index (χ4n) is 2.32. The van der Waals surface area contributed by atoms with Crippen LogP contribution in [0.15, 0.2) is 22.0 Å². The van der Waals surface area contributed by atoms with E-state index in [-0.39, 0.29) is 5.41 Å². The van der Waals surface area contributed by atoms with E-state index in [0.29, 0.717) is 18.5 Å². The number of rotatable bonds is 5. The van der Waals surface area contributed by atoms with E-state index in [9.17, 15) is 0 Å². The maximum absolute atomic E-state index is 5.30. The lowest BCUT2D eigenvalue weighted by Crippen LogP contribution is -2.31. The molecule has 0 spiro atoms. The van der Waals surface area contributed by atoms with Gasteiger partial charge in [0.1, 0.15) is 0 Å². The predicted octanol–water partition coefficient (Wildman–Crippen LogP) is 3.89. The monoisotopic (exact) mass is 291 g/mol. The molecule has 20 heavy (non-hydrogen) atoms. The summed E-state index contributed by atoms with van der Waals surface area (Å²) in [5.74, 6) is 2.09. The Kier molecular flexibility index (Phi) is 3.65. The molecule has 0 bridgehead atoms. The van der Waals surface area contributed by atoms with Gasteiger partial charge in [0.15, 0.2) is 5.82 Å². The van der Waals surface area contributed by atoms with Crippen molar-refractivity contribution >= 4 is 11.3 Å². The summed E-state index contributed by atoms with van der Waals surface area (Å²) in [6, 6.07) is 4.57. The van der Waals surface area contributed by atoms with Crippen LogP contribution in [0, 0.1) is 5.41 Å². The second-order valence-corrected chi connectivity index (χ2v) is 7.50. The summed E-state index contributed by atoms with van der Waals surface area (Å²) in [5, 5.41) is 9.76. The van der Waals surface area contributed by atoms with Gasteiger partial charge in [0, 0.05) is 16.8 Å². The fraction of sp³-hybridized carbons (Fsp3) is 0.600. The second-order valence-electron chi connectivity index (χ2n) is 6.52. The molecule has 108 valence electrons. The topological polar surface area (TPSA) is 51.0 Å². The first-order valence-corrected chi connectivity index (χ1v) is 8.01. The highest BCUT2D eigenvalue weighted by Gasteiger charge is 2.30. The molecule has 0 unspecified atom stereocenters. The third-order valence-electron chi connectivity index (χ3n) is 3.57. The van der Waals surface area contributed by atoms with Crippen LogP contribution >= 0.6 is 11.3 Å². The Labute approximate surface area is 123 Å². The minimum absolute atomic E-state index is 0.147. The van der Waals surface area contributed by atoms with Crippen molar-refractivity contribution in [3.05, 3.63) is 34.1 Å². The van der Waals surface area contributed by atoms with Gasteiger partial charge in [-0.1, -0.05) is 32.0 Å². The van der Waals surface area contributed by atoms with Gasteiger partial charge in [0.25, 0.3) is 0 Å². The van der Waals surface area contributed by atoms with Crippen LogP contribution in [-0.4, -0.2) is 10.1 Å². The van der Waals surface area contributed by atoms with E-state index in [1.54, 1.807) is 11.3 Å². The molecule has 0 radical (unpaired) electrons. The lowest BCUT2D eigenvalue weighted by Gasteiger charge is -2.30. The molecule has 2 aromatic heterocycles. The van der Waals surface area contributed by atoms with Gasteiger partial charge in [-0.3, -0.25) is 0 Å². The minimum atomic E-state index is 0.147. The van der Waals surface area contributed by atoms with Crippen LogP contribution in [0.25, 0.3) is 0 Å². The first kappa shape index (κ1) is 13.8. The first-order valence-electron chi connectivity index (χ1n) is 7.13. The maximum atomic E-state index is 5.30. The summed E-state index contributed by atoms with van der Waals surface area (Å²) in [5.41, 5.74) is 0.147. The van der Waals surface area contributed by atoms with Crippen molar-refractivity contribution in [2.24, 2.45) is 5.41 Å². The molecule has 1 atom stereocenters. The smallest absolute Gasteiger partial charge is 0.229 e. The number of aromatic nitrogens is 2. The minimum Gasteiger partial charge on any atom is -0.339 e. The van der Waals surface area contributed by atoms with Crippen LogP contribution in [0.1, 0.15) is 62.2 Å². The van der Waals surface area contributed by atoms with Crippen LogP contribution in [0.4, 0.5) is 0 Å². The molecule has 1 N–H and O–H groups in total. The lowest BCUT2D eigenvalue weighted by atomic mass is 9.86. The summed E-state index contributed by atoms with van der Waals surface area (Å²) in [4.78, 5) is 5.82. The highest BCUT2D eigenvalue weighted by molar-refractivity contribution is 7.10. The Morgan fingerprint density at radius 1 is 1.45 bits per heavy atom. The van der Waals surface area contributed by atoms with Gasteiger partial charge in [-0.25, -0.2) is 0 Å². The molecule has 0 aliphatic heterocycles. The van der Waals surface area contributed by atoms with Crippen molar-refractivity contribution in [1.29, 1.82) is 0 Å². The van der Waals surface area contributed by atoms with Gasteiger partial charge in [-0.2, -0.15) is 4.98 Å². The van der Waals surface area contributed by atoms with Crippen molar-refractivity contribution in [3.8, 4) is 0 Å². The second kappa shape index (κ2) is 5.30. The van der Waals surface area contributed by atoms with Crippen molar-refractivity contribution in [1.82, 2.24) is 15.5 Å². The van der Waals surface area contributed by atoms with Gasteiger partial charge in [0.2, 0.25) is 5.89 Å². The van der Waals surface area contributed by atoms with Crippen LogP contribution in [0.5, 0.6) is 0 Å². The molecule has 1 fully saturated rings. The van der Waals surface area contributed by atoms with Crippen molar-refractivity contribution < 1.29 is 4.52 Å². The zero-order valence-corrected chi connectivity index (χ0v) is 13.0. The summed E-state index contributed by atoms with van der Waals surface area (Å²) >= 11 is 1.79. The molecule has 1 aliphatic rings. The summed E-state index contributed by atoms with van der Waals surface area (Å²) in [7, 11) is 0. The average molecular weight is 291 g/mol. The van der Waals surface area contributed by atoms with Crippen molar-refractivity contribution in [2.45, 2.75) is 52.1 Å². The van der Waals surface area contributed by atoms with Crippen LogP contribution in [0.3, 0.4) is 0 Å². The molecule has 5 heteroatoms. The van der Waals surface area contributed by atoms with Gasteiger partial charge in [0.05, 0.1) is 6.54 Å². The molecular weight excluding hydrogens is 270 g/mol. The first-order chi connectivity index (χ1) is 9.54. The number of hydrogen-bond donors (Lipinski definition) is 1. The van der Waals surface area contributed by atoms with E-state index < -0.39 is 0 Å². The van der Waals surface area contributed by atoms with Crippen LogP contribution in [-0.2, 0) is 6.54 Å². The van der Waals surface area contributed by atoms with Crippen molar-refractivity contribution in [3.63, 3.8) is 0 Å². The van der Waals surface area contributed by atoms with Gasteiger partial charge in [-0.15, -0.1) is 11.3 Å². The lowest BCUT2D eigenvalue weighted by molar-refractivity contribution is 0.271. The summed E-state index contributed by atoms with van der Waals surface area (Å²) in [6.07, 6.45) is 2.38. The number of nitrogens with one attached hydrogen (secondary N) is 1. The molecule has 2 heterocycles. The number of thiophene rings is 1. The molecule has 1 saturated carbocycles. The Bertz CT molecular complexity index is 552. The summed E-state index contributed by atoms with van der Waals surface area (Å²) < 4.78 is 5.30. The molecule has 0 saturated heterocycles. The molecular formula is C15H21N3OS. The normalized spacial score (nSPS) is 17.4. The molecule has 3 rings (SSSR count). The highest BCUT2D eigenvalue weighted by atomic mass is 32.1. The maximum Gasteiger partial charge on any atom is 0.229 e. The Morgan fingerprint density at radius 3 is 2.85 bits per heavy atom. The zero-order chi connectivity index (χ0) is 14.2. The largest absolute Gasteiger partial charge is 0.339 e. The highest BCUT2D eigenvalue weighted by Crippen LogP contribution is 2.39. The van der Waals surface area contributed by atoms with Crippen molar-refractivity contribution in [2.75, 3.05) is 0 Å². The van der Waals surface area contributed by atoms with E-state index >= 15 is 0 Å². The van der Waals surface area contributed by atoms with Crippen LogP contribution in [0.2, 0.25) is 0 Å². The van der Waals surface area contributed by atoms with Gasteiger partial charge < -0.3 is 9.84 Å². The molecule has 4 nitrogen and oxygen atoms in total. The molecule has 0 aromatic carbocycles. The van der Waals surface area contributed by atoms with E-state index in [1.807, 2.05) is 0 Å². The third kappa shape index (κ3) is 3.10. The van der Waals surface area contributed by atoms with E-state index in [2.05, 4.69) is 53.7 Å². The summed E-state index contributed by atoms with van der Waals surface area (Å²) in [6.45, 7) is 7.39. The van der Waals surface area contributed by atoms with Gasteiger partial charge >= 0.3 is 0 Å². The predicted molar refractivity (Wildman–Crippen MR) is 79.6 cm³/mol. The fourth-order valence-corrected chi connectivity index (χ4v) is 3.36. The molecule has 1 aliphatic carbocycles. The van der Waals surface area contributed by atoms with Gasteiger partial charge in [-0.05, 0) is 29.7 Å². The quantitative estimate of drug-likeness (QED) is 0.908. The Morgan fingerprint density at radius 2 is 2.25 bits per heavy atom. The number of hydrogen-bond acceptors (Lipinski definition) is 5. The zero-order valence-electron chi connectivity index (χ0n) is 12.2.